The van der Waals surface area contributed by atoms with Crippen molar-refractivity contribution in [3.8, 4) is 17.2 Å². The lowest BCUT2D eigenvalue weighted by atomic mass is 10.1. The number of para-hydroxylation sites is 2. The minimum absolute atomic E-state index is 0.0254. The first-order chi connectivity index (χ1) is 15.5. The number of anilines is 1. The Hall–Kier alpha value is -3.53. The molecule has 164 valence electrons. The topological polar surface area (TPSA) is 105 Å². The number of fused-ring (bicyclic) bond motifs is 2. The Labute approximate surface area is 188 Å². The summed E-state index contributed by atoms with van der Waals surface area (Å²) >= 11 is 1.31. The summed E-state index contributed by atoms with van der Waals surface area (Å²) in [5.41, 5.74) is 0.984. The van der Waals surface area contributed by atoms with E-state index in [1.165, 1.54) is 11.8 Å². The molecule has 0 aliphatic carbocycles. The molecule has 0 bridgehead atoms. The van der Waals surface area contributed by atoms with Crippen molar-refractivity contribution in [2.24, 2.45) is 7.05 Å². The van der Waals surface area contributed by atoms with Crippen molar-refractivity contribution >= 4 is 29.1 Å². The lowest BCUT2D eigenvalue weighted by molar-refractivity contribution is -0.118. The van der Waals surface area contributed by atoms with Crippen LogP contribution in [0.1, 0.15) is 29.2 Å². The number of aromatic nitrogens is 3. The van der Waals surface area contributed by atoms with E-state index < -0.39 is 11.4 Å². The predicted octanol–water partition coefficient (Wildman–Crippen LogP) is 3.02. The van der Waals surface area contributed by atoms with Gasteiger partial charge < -0.3 is 24.1 Å². The smallest absolute Gasteiger partial charge is 0.262 e. The molecule has 1 N–H and O–H groups in total. The Balaban J connectivity index is 1.30. The van der Waals surface area contributed by atoms with Crippen LogP contribution in [0, 0.1) is 0 Å². The van der Waals surface area contributed by atoms with Gasteiger partial charge >= 0.3 is 0 Å². The number of rotatable bonds is 5. The third-order valence-electron chi connectivity index (χ3n) is 5.21. The highest BCUT2D eigenvalue weighted by Gasteiger charge is 2.29. The summed E-state index contributed by atoms with van der Waals surface area (Å²) in [6, 6.07) is 12.5. The summed E-state index contributed by atoms with van der Waals surface area (Å²) in [6.07, 6.45) is -0.396. The van der Waals surface area contributed by atoms with Gasteiger partial charge in [0.1, 0.15) is 12.4 Å². The van der Waals surface area contributed by atoms with E-state index in [0.717, 1.165) is 0 Å². The second-order valence-corrected chi connectivity index (χ2v) is 8.74. The lowest BCUT2D eigenvalue weighted by Gasteiger charge is -2.25. The first-order valence-corrected chi connectivity index (χ1v) is 10.9. The average Bonchev–Trinajstić information content (AvgIpc) is 3.17. The van der Waals surface area contributed by atoms with Crippen LogP contribution in [-0.2, 0) is 11.8 Å². The SMILES string of the molecule is C[C@@H](Sc1nnc([C@@H]2COc3ccccc3O2)n1C)C(=O)c1ccc2c(c1)NC(=O)CO2. The van der Waals surface area contributed by atoms with Crippen molar-refractivity contribution in [2.45, 2.75) is 23.4 Å². The highest BCUT2D eigenvalue weighted by molar-refractivity contribution is 8.00. The van der Waals surface area contributed by atoms with Crippen LogP contribution < -0.4 is 19.5 Å². The van der Waals surface area contributed by atoms with Crippen LogP contribution in [-0.4, -0.2) is 44.9 Å². The van der Waals surface area contributed by atoms with Gasteiger partial charge in [-0.25, -0.2) is 0 Å². The number of nitrogens with zero attached hydrogens (tertiary/aromatic N) is 3. The van der Waals surface area contributed by atoms with E-state index in [2.05, 4.69) is 15.5 Å². The molecule has 3 heterocycles. The molecule has 0 saturated heterocycles. The van der Waals surface area contributed by atoms with E-state index >= 15 is 0 Å². The number of amides is 1. The first kappa shape index (κ1) is 20.4. The van der Waals surface area contributed by atoms with Crippen LogP contribution in [0.15, 0.2) is 47.6 Å². The second-order valence-electron chi connectivity index (χ2n) is 7.44. The number of ketones is 1. The molecule has 1 aromatic heterocycles. The monoisotopic (exact) mass is 452 g/mol. The molecule has 2 aliphatic rings. The fourth-order valence-corrected chi connectivity index (χ4v) is 4.44. The van der Waals surface area contributed by atoms with Crippen LogP contribution in [0.5, 0.6) is 17.2 Å². The number of Topliss-reactive ketones (excluding diaryl/α,β-unsaturated/α-hetero) is 1. The molecule has 32 heavy (non-hydrogen) atoms. The number of carbonyl (C=O) groups is 2. The molecule has 5 rings (SSSR count). The molecule has 0 spiro atoms. The number of ether oxygens (including phenoxy) is 3. The summed E-state index contributed by atoms with van der Waals surface area (Å²) in [5, 5.41) is 11.4. The third-order valence-corrected chi connectivity index (χ3v) is 6.35. The molecule has 2 atom stereocenters. The van der Waals surface area contributed by atoms with Gasteiger partial charge in [-0.3, -0.25) is 9.59 Å². The zero-order valence-corrected chi connectivity index (χ0v) is 18.2. The molecule has 1 amide bonds. The Morgan fingerprint density at radius 1 is 1.16 bits per heavy atom. The molecule has 0 saturated carbocycles. The number of carbonyl (C=O) groups excluding carboxylic acids is 2. The molecule has 10 heteroatoms. The summed E-state index contributed by atoms with van der Waals surface area (Å²) in [5.74, 6) is 2.20. The van der Waals surface area contributed by atoms with Gasteiger partial charge in [0, 0.05) is 12.6 Å². The molecule has 2 aromatic carbocycles. The minimum Gasteiger partial charge on any atom is -0.485 e. The van der Waals surface area contributed by atoms with Gasteiger partial charge in [0.2, 0.25) is 0 Å². The summed E-state index contributed by atoms with van der Waals surface area (Å²) in [6.45, 7) is 2.11. The maximum atomic E-state index is 13.0. The third kappa shape index (κ3) is 3.77. The number of hydrogen-bond acceptors (Lipinski definition) is 8. The number of nitrogens with one attached hydrogen (secondary N) is 1. The van der Waals surface area contributed by atoms with Gasteiger partial charge in [-0.05, 0) is 37.3 Å². The van der Waals surface area contributed by atoms with Crippen molar-refractivity contribution in [1.82, 2.24) is 14.8 Å². The van der Waals surface area contributed by atoms with E-state index in [4.69, 9.17) is 14.2 Å². The normalized spacial score (nSPS) is 17.7. The van der Waals surface area contributed by atoms with Gasteiger partial charge in [0.15, 0.2) is 41.0 Å². The number of thioether (sulfide) groups is 1. The fourth-order valence-electron chi connectivity index (χ4n) is 3.54. The van der Waals surface area contributed by atoms with Gasteiger partial charge in [0.05, 0.1) is 10.9 Å². The fraction of sp³-hybridized carbons (Fsp3) is 0.273. The van der Waals surface area contributed by atoms with Crippen LogP contribution in [0.2, 0.25) is 0 Å². The largest absolute Gasteiger partial charge is 0.485 e. The second kappa shape index (κ2) is 8.19. The molecular weight excluding hydrogens is 432 g/mol. The average molecular weight is 452 g/mol. The molecule has 0 unspecified atom stereocenters. The van der Waals surface area contributed by atoms with Crippen LogP contribution in [0.3, 0.4) is 0 Å². The van der Waals surface area contributed by atoms with Crippen LogP contribution in [0.4, 0.5) is 5.69 Å². The van der Waals surface area contributed by atoms with Gasteiger partial charge in [-0.2, -0.15) is 0 Å². The van der Waals surface area contributed by atoms with Crippen molar-refractivity contribution in [1.29, 1.82) is 0 Å². The quantitative estimate of drug-likeness (QED) is 0.465. The zero-order valence-electron chi connectivity index (χ0n) is 17.4. The maximum Gasteiger partial charge on any atom is 0.262 e. The van der Waals surface area contributed by atoms with Crippen molar-refractivity contribution in [3.05, 3.63) is 53.9 Å². The molecule has 2 aliphatic heterocycles. The molecular formula is C22H20N4O5S. The van der Waals surface area contributed by atoms with Gasteiger partial charge in [-0.15, -0.1) is 10.2 Å². The standard InChI is InChI=1S/C22H20N4O5S/c1-12(20(28)13-7-8-15-14(9-13)23-19(27)11-30-15)32-22-25-24-21(26(22)2)18-10-29-16-5-3-4-6-17(16)31-18/h3-9,12,18H,10-11H2,1-2H3,(H,23,27)/t12-,18+/m1/s1. The van der Waals surface area contributed by atoms with Crippen LogP contribution >= 0.6 is 11.8 Å². The Bertz CT molecular complexity index is 1210. The van der Waals surface area contributed by atoms with Gasteiger partial charge in [0.25, 0.3) is 5.91 Å². The number of hydrogen-bond donors (Lipinski definition) is 1. The predicted molar refractivity (Wildman–Crippen MR) is 117 cm³/mol. The summed E-state index contributed by atoms with van der Waals surface area (Å²) < 4.78 is 19.0. The molecule has 9 nitrogen and oxygen atoms in total. The van der Waals surface area contributed by atoms with Crippen molar-refractivity contribution < 1.29 is 23.8 Å². The Morgan fingerprint density at radius 2 is 1.97 bits per heavy atom. The summed E-state index contributed by atoms with van der Waals surface area (Å²) in [4.78, 5) is 24.6. The Kier molecular flexibility index (Phi) is 5.22. The molecule has 3 aromatic rings. The van der Waals surface area contributed by atoms with Crippen molar-refractivity contribution in [3.63, 3.8) is 0 Å². The molecule has 0 radical (unpaired) electrons. The summed E-state index contributed by atoms with van der Waals surface area (Å²) in [7, 11) is 1.84. The Morgan fingerprint density at radius 3 is 2.81 bits per heavy atom. The van der Waals surface area contributed by atoms with Crippen molar-refractivity contribution in [2.75, 3.05) is 18.5 Å². The lowest BCUT2D eigenvalue weighted by Crippen LogP contribution is -2.26. The number of benzene rings is 2. The van der Waals surface area contributed by atoms with E-state index in [1.807, 2.05) is 42.8 Å². The minimum atomic E-state index is -0.423. The zero-order chi connectivity index (χ0) is 22.2. The molecule has 0 fully saturated rings. The maximum absolute atomic E-state index is 13.0. The van der Waals surface area contributed by atoms with E-state index in [0.29, 0.717) is 46.1 Å². The van der Waals surface area contributed by atoms with E-state index in [-0.39, 0.29) is 18.3 Å². The highest BCUT2D eigenvalue weighted by atomic mass is 32.2. The highest BCUT2D eigenvalue weighted by Crippen LogP contribution is 2.36. The van der Waals surface area contributed by atoms with Gasteiger partial charge in [-0.1, -0.05) is 23.9 Å². The van der Waals surface area contributed by atoms with E-state index in [9.17, 15) is 9.59 Å². The first-order valence-electron chi connectivity index (χ1n) is 10.0. The van der Waals surface area contributed by atoms with Crippen LogP contribution in [0.25, 0.3) is 0 Å². The van der Waals surface area contributed by atoms with E-state index in [1.54, 1.807) is 18.2 Å².